The minimum Gasteiger partial charge on any atom is -0.489 e. The van der Waals surface area contributed by atoms with Gasteiger partial charge in [0.25, 0.3) is 0 Å². The van der Waals surface area contributed by atoms with Gasteiger partial charge in [-0.05, 0) is 60.5 Å². The van der Waals surface area contributed by atoms with Crippen LogP contribution >= 0.6 is 23.2 Å². The van der Waals surface area contributed by atoms with Gasteiger partial charge >= 0.3 is 5.97 Å². The minimum absolute atomic E-state index is 0.243. The van der Waals surface area contributed by atoms with Crippen molar-refractivity contribution in [3.63, 3.8) is 0 Å². The van der Waals surface area contributed by atoms with Gasteiger partial charge in [0.05, 0.1) is 10.0 Å². The molecule has 0 amide bonds. The van der Waals surface area contributed by atoms with Gasteiger partial charge < -0.3 is 9.47 Å². The van der Waals surface area contributed by atoms with Crippen LogP contribution in [0, 0.1) is 6.92 Å². The van der Waals surface area contributed by atoms with Crippen molar-refractivity contribution in [2.24, 2.45) is 4.99 Å². The van der Waals surface area contributed by atoms with E-state index in [1.807, 2.05) is 61.5 Å². The number of aliphatic imine (C=N–C) groups is 1. The third-order valence-electron chi connectivity index (χ3n) is 4.47. The number of halogens is 2. The lowest BCUT2D eigenvalue weighted by molar-refractivity contribution is -0.129. The molecule has 3 aromatic carbocycles. The van der Waals surface area contributed by atoms with Crippen LogP contribution in [-0.4, -0.2) is 11.9 Å². The second kappa shape index (κ2) is 8.74. The van der Waals surface area contributed by atoms with Crippen LogP contribution in [0.1, 0.15) is 22.3 Å². The van der Waals surface area contributed by atoms with Crippen LogP contribution in [-0.2, 0) is 16.1 Å². The molecule has 4 nitrogen and oxygen atoms in total. The molecule has 0 spiro atoms. The Morgan fingerprint density at radius 3 is 2.57 bits per heavy atom. The van der Waals surface area contributed by atoms with Crippen molar-refractivity contribution in [3.8, 4) is 5.75 Å². The van der Waals surface area contributed by atoms with Crippen LogP contribution in [0.25, 0.3) is 6.08 Å². The molecular weight excluding hydrogens is 421 g/mol. The Morgan fingerprint density at radius 1 is 1.00 bits per heavy atom. The highest BCUT2D eigenvalue weighted by atomic mass is 35.5. The molecule has 0 fully saturated rings. The zero-order valence-corrected chi connectivity index (χ0v) is 17.6. The van der Waals surface area contributed by atoms with Crippen LogP contribution < -0.4 is 4.74 Å². The summed E-state index contributed by atoms with van der Waals surface area (Å²) in [7, 11) is 0. The Bertz CT molecular complexity index is 1170. The summed E-state index contributed by atoms with van der Waals surface area (Å²) in [6.07, 6.45) is 1.68. The van der Waals surface area contributed by atoms with Crippen LogP contribution in [0.3, 0.4) is 0 Å². The summed E-state index contributed by atoms with van der Waals surface area (Å²) in [4.78, 5) is 16.6. The summed E-state index contributed by atoms with van der Waals surface area (Å²) >= 11 is 12.0. The maximum absolute atomic E-state index is 12.2. The molecule has 0 bridgehead atoms. The van der Waals surface area contributed by atoms with Crippen molar-refractivity contribution in [1.82, 2.24) is 0 Å². The first-order chi connectivity index (χ1) is 14.5. The minimum atomic E-state index is -0.479. The van der Waals surface area contributed by atoms with E-state index in [-0.39, 0.29) is 5.70 Å². The fourth-order valence-corrected chi connectivity index (χ4v) is 3.20. The summed E-state index contributed by atoms with van der Waals surface area (Å²) < 4.78 is 11.2. The Labute approximate surface area is 184 Å². The predicted octanol–water partition coefficient (Wildman–Crippen LogP) is 6.23. The zero-order chi connectivity index (χ0) is 21.1. The van der Waals surface area contributed by atoms with Gasteiger partial charge in [0.1, 0.15) is 12.4 Å². The number of carbonyl (C=O) groups is 1. The van der Waals surface area contributed by atoms with E-state index < -0.39 is 5.97 Å². The van der Waals surface area contributed by atoms with Gasteiger partial charge in [-0.25, -0.2) is 9.79 Å². The monoisotopic (exact) mass is 437 g/mol. The van der Waals surface area contributed by atoms with E-state index in [2.05, 4.69) is 4.99 Å². The number of aryl methyl sites for hydroxylation is 1. The average Bonchev–Trinajstić information content (AvgIpc) is 3.10. The van der Waals surface area contributed by atoms with E-state index in [9.17, 15) is 4.79 Å². The van der Waals surface area contributed by atoms with E-state index >= 15 is 0 Å². The fraction of sp³-hybridized carbons (Fsp3) is 0.0833. The Hall–Kier alpha value is -3.08. The quantitative estimate of drug-likeness (QED) is 0.351. The smallest absolute Gasteiger partial charge is 0.363 e. The van der Waals surface area contributed by atoms with Gasteiger partial charge in [0.2, 0.25) is 5.90 Å². The third kappa shape index (κ3) is 4.73. The number of hydrogen-bond donors (Lipinski definition) is 0. The highest BCUT2D eigenvalue weighted by Gasteiger charge is 2.24. The first-order valence-electron chi connectivity index (χ1n) is 9.24. The summed E-state index contributed by atoms with van der Waals surface area (Å²) in [6.45, 7) is 2.34. The fourth-order valence-electron chi connectivity index (χ4n) is 2.88. The molecule has 6 heteroatoms. The normalized spacial score (nSPS) is 14.6. The Kier molecular flexibility index (Phi) is 5.88. The van der Waals surface area contributed by atoms with Gasteiger partial charge in [-0.2, -0.15) is 0 Å². The lowest BCUT2D eigenvalue weighted by Crippen LogP contribution is -2.05. The molecule has 0 saturated heterocycles. The van der Waals surface area contributed by atoms with E-state index in [4.69, 9.17) is 32.7 Å². The van der Waals surface area contributed by atoms with E-state index in [1.54, 1.807) is 18.2 Å². The van der Waals surface area contributed by atoms with Gasteiger partial charge in [-0.3, -0.25) is 0 Å². The summed E-state index contributed by atoms with van der Waals surface area (Å²) in [6, 6.07) is 20.4. The molecule has 1 aliphatic rings. The molecule has 30 heavy (non-hydrogen) atoms. The maximum Gasteiger partial charge on any atom is 0.363 e. The molecule has 1 aliphatic heterocycles. The average molecular weight is 438 g/mol. The predicted molar refractivity (Wildman–Crippen MR) is 119 cm³/mol. The van der Waals surface area contributed by atoms with Gasteiger partial charge in [0.15, 0.2) is 5.70 Å². The molecule has 1 heterocycles. The SMILES string of the molecule is Cc1ccc(C2=N/C(=C\c3cccc(OCc4ccc(Cl)c(Cl)c4)c3)C(=O)O2)cc1. The van der Waals surface area contributed by atoms with Crippen molar-refractivity contribution < 1.29 is 14.3 Å². The largest absolute Gasteiger partial charge is 0.489 e. The van der Waals surface area contributed by atoms with E-state index in [0.29, 0.717) is 28.3 Å². The van der Waals surface area contributed by atoms with Crippen LogP contribution in [0.15, 0.2) is 77.4 Å². The second-order valence-corrected chi connectivity index (χ2v) is 7.63. The number of esters is 1. The van der Waals surface area contributed by atoms with Crippen molar-refractivity contribution >= 4 is 41.1 Å². The number of carbonyl (C=O) groups excluding carboxylic acids is 1. The van der Waals surface area contributed by atoms with Crippen LogP contribution in [0.5, 0.6) is 5.75 Å². The number of cyclic esters (lactones) is 1. The topological polar surface area (TPSA) is 47.9 Å². The molecule has 0 atom stereocenters. The number of ether oxygens (including phenoxy) is 2. The number of rotatable bonds is 5. The molecule has 0 aromatic heterocycles. The third-order valence-corrected chi connectivity index (χ3v) is 5.21. The highest BCUT2D eigenvalue weighted by Crippen LogP contribution is 2.25. The molecule has 0 aliphatic carbocycles. The molecular formula is C24H17Cl2NO3. The van der Waals surface area contributed by atoms with Crippen LogP contribution in [0.2, 0.25) is 10.0 Å². The number of nitrogens with zero attached hydrogens (tertiary/aromatic N) is 1. The summed E-state index contributed by atoms with van der Waals surface area (Å²) in [5.74, 6) is 0.482. The van der Waals surface area contributed by atoms with Crippen LogP contribution in [0.4, 0.5) is 0 Å². The van der Waals surface area contributed by atoms with Gasteiger partial charge in [-0.1, -0.05) is 59.1 Å². The second-order valence-electron chi connectivity index (χ2n) is 6.81. The first kappa shape index (κ1) is 20.2. The van der Waals surface area contributed by atoms with Crippen molar-refractivity contribution in [3.05, 3.63) is 105 Å². The summed E-state index contributed by atoms with van der Waals surface area (Å²) in [5, 5.41) is 0.987. The highest BCUT2D eigenvalue weighted by molar-refractivity contribution is 6.42. The maximum atomic E-state index is 12.2. The molecule has 0 radical (unpaired) electrons. The molecule has 0 N–H and O–H groups in total. The Balaban J connectivity index is 1.50. The lowest BCUT2D eigenvalue weighted by atomic mass is 10.1. The summed E-state index contributed by atoms with van der Waals surface area (Å²) in [5.41, 5.74) is 3.81. The van der Waals surface area contributed by atoms with Crippen molar-refractivity contribution in [2.45, 2.75) is 13.5 Å². The molecule has 0 unspecified atom stereocenters. The molecule has 0 saturated carbocycles. The first-order valence-corrected chi connectivity index (χ1v) is 10.00. The lowest BCUT2D eigenvalue weighted by Gasteiger charge is -2.08. The Morgan fingerprint density at radius 2 is 1.80 bits per heavy atom. The number of hydrogen-bond acceptors (Lipinski definition) is 4. The van der Waals surface area contributed by atoms with Gasteiger partial charge in [-0.15, -0.1) is 0 Å². The van der Waals surface area contributed by atoms with Crippen molar-refractivity contribution in [1.29, 1.82) is 0 Å². The van der Waals surface area contributed by atoms with E-state index in [1.165, 1.54) is 0 Å². The molecule has 150 valence electrons. The molecule has 3 aromatic rings. The number of benzene rings is 3. The van der Waals surface area contributed by atoms with Gasteiger partial charge in [0, 0.05) is 5.56 Å². The standard InChI is InChI=1S/C24H17Cl2NO3/c1-15-5-8-18(9-6-15)23-27-22(24(28)30-23)13-16-3-2-4-19(11-16)29-14-17-7-10-20(25)21(26)12-17/h2-13H,14H2,1H3/b22-13-. The molecule has 4 rings (SSSR count). The van der Waals surface area contributed by atoms with E-state index in [0.717, 1.165) is 22.3 Å². The zero-order valence-electron chi connectivity index (χ0n) is 16.1. The van der Waals surface area contributed by atoms with Crippen molar-refractivity contribution in [2.75, 3.05) is 0 Å².